The standard InChI is InChI=1S/C13H23N3O2S2/c1-3-12-9-16(5-6-19-12)20(17,18)13-7-11(8-14)15(4-2)10-13/h7,10,12H,3-6,8-9,14H2,1-2H3. The second-order valence-corrected chi connectivity index (χ2v) is 8.27. The van der Waals surface area contributed by atoms with Crippen molar-refractivity contribution in [3.05, 3.63) is 18.0 Å². The van der Waals surface area contributed by atoms with Crippen LogP contribution in [0.5, 0.6) is 0 Å². The number of nitrogens with two attached hydrogens (primary N) is 1. The van der Waals surface area contributed by atoms with E-state index >= 15 is 0 Å². The molecule has 1 saturated heterocycles. The summed E-state index contributed by atoms with van der Waals surface area (Å²) in [7, 11) is -3.38. The van der Waals surface area contributed by atoms with Gasteiger partial charge in [0.1, 0.15) is 4.90 Å². The third-order valence-electron chi connectivity index (χ3n) is 3.71. The molecule has 0 spiro atoms. The molecular weight excluding hydrogens is 294 g/mol. The zero-order valence-corrected chi connectivity index (χ0v) is 13.7. The summed E-state index contributed by atoms with van der Waals surface area (Å²) in [5.41, 5.74) is 6.54. The lowest BCUT2D eigenvalue weighted by atomic mass is 10.3. The molecule has 0 aromatic carbocycles. The maximum atomic E-state index is 12.7. The van der Waals surface area contributed by atoms with E-state index in [1.165, 1.54) is 0 Å². The van der Waals surface area contributed by atoms with Crippen LogP contribution in [0.1, 0.15) is 26.0 Å². The summed E-state index contributed by atoms with van der Waals surface area (Å²) in [5, 5.41) is 0.403. The Hall–Kier alpha value is -0.500. The van der Waals surface area contributed by atoms with Gasteiger partial charge in [0.2, 0.25) is 10.0 Å². The Kier molecular flexibility index (Phi) is 5.17. The van der Waals surface area contributed by atoms with Crippen molar-refractivity contribution in [2.75, 3.05) is 18.8 Å². The lowest BCUT2D eigenvalue weighted by molar-refractivity contribution is 0.416. The molecule has 0 aliphatic carbocycles. The fourth-order valence-corrected chi connectivity index (χ4v) is 5.38. The normalized spacial score (nSPS) is 21.2. The van der Waals surface area contributed by atoms with Crippen LogP contribution in [-0.4, -0.2) is 41.4 Å². The Balaban J connectivity index is 2.27. The Morgan fingerprint density at radius 1 is 1.45 bits per heavy atom. The number of sulfonamides is 1. The van der Waals surface area contributed by atoms with Gasteiger partial charge in [-0.3, -0.25) is 0 Å². The van der Waals surface area contributed by atoms with Crippen molar-refractivity contribution in [1.82, 2.24) is 8.87 Å². The highest BCUT2D eigenvalue weighted by Crippen LogP contribution is 2.27. The molecule has 1 unspecified atom stereocenters. The van der Waals surface area contributed by atoms with E-state index in [9.17, 15) is 8.42 Å². The van der Waals surface area contributed by atoms with Gasteiger partial charge in [0.25, 0.3) is 0 Å². The predicted octanol–water partition coefficient (Wildman–Crippen LogP) is 1.48. The van der Waals surface area contributed by atoms with Crippen LogP contribution in [0.25, 0.3) is 0 Å². The van der Waals surface area contributed by atoms with Crippen molar-refractivity contribution < 1.29 is 8.42 Å². The molecule has 0 saturated carbocycles. The largest absolute Gasteiger partial charge is 0.349 e. The second-order valence-electron chi connectivity index (χ2n) is 4.92. The van der Waals surface area contributed by atoms with Gasteiger partial charge in [-0.05, 0) is 19.4 Å². The Morgan fingerprint density at radius 2 is 2.20 bits per heavy atom. The zero-order chi connectivity index (χ0) is 14.8. The van der Waals surface area contributed by atoms with Crippen LogP contribution in [0, 0.1) is 0 Å². The summed E-state index contributed by atoms with van der Waals surface area (Å²) in [6, 6.07) is 1.71. The number of hydrogen-bond donors (Lipinski definition) is 1. The third-order valence-corrected chi connectivity index (χ3v) is 6.91. The Morgan fingerprint density at radius 3 is 2.75 bits per heavy atom. The van der Waals surface area contributed by atoms with Crippen molar-refractivity contribution in [2.24, 2.45) is 5.73 Å². The molecule has 0 amide bonds. The number of thioether (sulfide) groups is 1. The van der Waals surface area contributed by atoms with Crippen molar-refractivity contribution in [3.8, 4) is 0 Å². The van der Waals surface area contributed by atoms with Crippen LogP contribution < -0.4 is 5.73 Å². The highest BCUT2D eigenvalue weighted by Gasteiger charge is 2.30. The Bertz CT molecular complexity index is 532. The minimum Gasteiger partial charge on any atom is -0.349 e. The molecule has 2 N–H and O–H groups in total. The lowest BCUT2D eigenvalue weighted by Crippen LogP contribution is -2.41. The first-order valence-corrected chi connectivity index (χ1v) is 9.52. The van der Waals surface area contributed by atoms with Gasteiger partial charge >= 0.3 is 0 Å². The molecule has 2 heterocycles. The van der Waals surface area contributed by atoms with E-state index in [2.05, 4.69) is 6.92 Å². The maximum Gasteiger partial charge on any atom is 0.244 e. The van der Waals surface area contributed by atoms with Crippen molar-refractivity contribution in [1.29, 1.82) is 0 Å². The fraction of sp³-hybridized carbons (Fsp3) is 0.692. The summed E-state index contributed by atoms with van der Waals surface area (Å²) < 4.78 is 28.9. The number of nitrogens with zero attached hydrogens (tertiary/aromatic N) is 2. The molecule has 0 radical (unpaired) electrons. The minimum absolute atomic E-state index is 0.358. The number of aryl methyl sites for hydroxylation is 1. The highest BCUT2D eigenvalue weighted by atomic mass is 32.2. The van der Waals surface area contributed by atoms with Gasteiger partial charge in [-0.1, -0.05) is 6.92 Å². The number of rotatable bonds is 5. The number of aromatic nitrogens is 1. The van der Waals surface area contributed by atoms with E-state index in [0.717, 1.165) is 24.4 Å². The third kappa shape index (κ3) is 3.05. The first kappa shape index (κ1) is 15.9. The first-order chi connectivity index (χ1) is 9.52. The summed E-state index contributed by atoms with van der Waals surface area (Å²) in [6.45, 7) is 6.39. The van der Waals surface area contributed by atoms with Crippen molar-refractivity contribution in [2.45, 2.75) is 43.5 Å². The quantitative estimate of drug-likeness (QED) is 0.893. The van der Waals surface area contributed by atoms with Crippen LogP contribution in [0.15, 0.2) is 17.2 Å². The van der Waals surface area contributed by atoms with E-state index in [4.69, 9.17) is 5.73 Å². The van der Waals surface area contributed by atoms with Gasteiger partial charge in [-0.25, -0.2) is 8.42 Å². The van der Waals surface area contributed by atoms with Gasteiger partial charge < -0.3 is 10.3 Å². The van der Waals surface area contributed by atoms with Gasteiger partial charge in [0.05, 0.1) is 0 Å². The van der Waals surface area contributed by atoms with E-state index < -0.39 is 10.0 Å². The molecule has 7 heteroatoms. The molecule has 1 atom stereocenters. The topological polar surface area (TPSA) is 68.3 Å². The average Bonchev–Trinajstić information content (AvgIpc) is 2.91. The summed E-state index contributed by atoms with van der Waals surface area (Å²) in [5.74, 6) is 0.871. The van der Waals surface area contributed by atoms with E-state index in [1.807, 2.05) is 23.3 Å². The van der Waals surface area contributed by atoms with Crippen molar-refractivity contribution in [3.63, 3.8) is 0 Å². The van der Waals surface area contributed by atoms with E-state index in [-0.39, 0.29) is 0 Å². The summed E-state index contributed by atoms with van der Waals surface area (Å²) >= 11 is 1.86. The maximum absolute atomic E-state index is 12.7. The second kappa shape index (κ2) is 6.51. The first-order valence-electron chi connectivity index (χ1n) is 7.03. The highest BCUT2D eigenvalue weighted by molar-refractivity contribution is 8.00. The van der Waals surface area contributed by atoms with E-state index in [0.29, 0.717) is 29.8 Å². The zero-order valence-electron chi connectivity index (χ0n) is 12.1. The van der Waals surface area contributed by atoms with Crippen molar-refractivity contribution >= 4 is 21.8 Å². The average molecular weight is 317 g/mol. The molecule has 114 valence electrons. The smallest absolute Gasteiger partial charge is 0.244 e. The van der Waals surface area contributed by atoms with Crippen LogP contribution >= 0.6 is 11.8 Å². The molecule has 2 rings (SSSR count). The molecule has 1 aliphatic heterocycles. The van der Waals surface area contributed by atoms with E-state index in [1.54, 1.807) is 16.6 Å². The SMILES string of the molecule is CCC1CN(S(=O)(=O)c2cc(CN)n(CC)c2)CCS1. The van der Waals surface area contributed by atoms with Crippen LogP contribution in [-0.2, 0) is 23.1 Å². The summed E-state index contributed by atoms with van der Waals surface area (Å²) in [6.07, 6.45) is 2.71. The fourth-order valence-electron chi connectivity index (χ4n) is 2.44. The summed E-state index contributed by atoms with van der Waals surface area (Å²) in [4.78, 5) is 0.376. The number of hydrogen-bond acceptors (Lipinski definition) is 4. The van der Waals surface area contributed by atoms with Crippen LogP contribution in [0.3, 0.4) is 0 Å². The molecule has 0 bridgehead atoms. The molecule has 1 aliphatic rings. The monoisotopic (exact) mass is 317 g/mol. The van der Waals surface area contributed by atoms with Gasteiger partial charge in [-0.15, -0.1) is 0 Å². The predicted molar refractivity (Wildman–Crippen MR) is 83.3 cm³/mol. The lowest BCUT2D eigenvalue weighted by Gasteiger charge is -2.30. The minimum atomic E-state index is -3.38. The van der Waals surface area contributed by atoms with Gasteiger partial charge in [0.15, 0.2) is 0 Å². The molecule has 20 heavy (non-hydrogen) atoms. The van der Waals surface area contributed by atoms with Gasteiger partial charge in [-0.2, -0.15) is 16.1 Å². The van der Waals surface area contributed by atoms with Crippen LogP contribution in [0.4, 0.5) is 0 Å². The molecule has 1 aromatic heterocycles. The molecule has 1 fully saturated rings. The Labute approximate surface area is 125 Å². The molecular formula is C13H23N3O2S2. The van der Waals surface area contributed by atoms with Gasteiger partial charge in [0, 0.05) is 49.1 Å². The van der Waals surface area contributed by atoms with Crippen LogP contribution in [0.2, 0.25) is 0 Å². The molecule has 1 aromatic rings. The molecule has 5 nitrogen and oxygen atoms in total.